The minimum absolute atomic E-state index is 0.267. The van der Waals surface area contributed by atoms with Crippen LogP contribution in [-0.2, 0) is 14.9 Å². The molecule has 0 aromatic carbocycles. The second kappa shape index (κ2) is 34.9. The van der Waals surface area contributed by atoms with E-state index in [4.69, 9.17) is 0 Å². The molecule has 0 aromatic heterocycles. The Balaban J connectivity index is 4.00. The molecule has 0 rings (SSSR count). The maximum absolute atomic E-state index is 12.6. The van der Waals surface area contributed by atoms with E-state index in [0.29, 0.717) is 12.8 Å². The molecular weight excluding hydrogens is 635 g/mol. The molecular formula is C41H77NO6S. The number of rotatable bonds is 36. The van der Waals surface area contributed by atoms with Gasteiger partial charge >= 0.3 is 0 Å². The minimum Gasteiger partial charge on any atom is -0.387 e. The van der Waals surface area contributed by atoms with E-state index >= 15 is 0 Å². The zero-order valence-electron chi connectivity index (χ0n) is 31.7. The van der Waals surface area contributed by atoms with Crippen molar-refractivity contribution in [1.29, 1.82) is 0 Å². The van der Waals surface area contributed by atoms with Crippen molar-refractivity contribution in [3.63, 3.8) is 0 Å². The normalized spacial score (nSPS) is 14.3. The van der Waals surface area contributed by atoms with E-state index in [1.807, 2.05) is 0 Å². The van der Waals surface area contributed by atoms with Crippen molar-refractivity contribution >= 4 is 16.0 Å². The number of amides is 1. The van der Waals surface area contributed by atoms with Crippen molar-refractivity contribution in [1.82, 2.24) is 5.32 Å². The van der Waals surface area contributed by atoms with Gasteiger partial charge in [0.2, 0.25) is 5.91 Å². The topological polar surface area (TPSA) is 124 Å². The number of carbonyl (C=O) groups excluding carboxylic acids is 1. The average Bonchev–Trinajstić information content (AvgIpc) is 3.06. The molecule has 0 fully saturated rings. The van der Waals surface area contributed by atoms with Crippen molar-refractivity contribution in [3.05, 3.63) is 36.5 Å². The number of carbonyl (C=O) groups is 1. The van der Waals surface area contributed by atoms with Crippen LogP contribution in [0.5, 0.6) is 0 Å². The molecule has 0 spiro atoms. The Kier molecular flexibility index (Phi) is 33.9. The average molecular weight is 712 g/mol. The van der Waals surface area contributed by atoms with E-state index in [1.54, 1.807) is 6.08 Å². The molecule has 4 N–H and O–H groups in total. The zero-order chi connectivity index (χ0) is 36.3. The van der Waals surface area contributed by atoms with E-state index in [2.05, 4.69) is 43.5 Å². The number of nitrogens with one attached hydrogen (secondary N) is 1. The van der Waals surface area contributed by atoms with Gasteiger partial charge in [0.1, 0.15) is 6.10 Å². The zero-order valence-corrected chi connectivity index (χ0v) is 32.5. The second-order valence-electron chi connectivity index (χ2n) is 14.0. The van der Waals surface area contributed by atoms with Crippen molar-refractivity contribution in [2.24, 2.45) is 0 Å². The van der Waals surface area contributed by atoms with Crippen LogP contribution in [0.3, 0.4) is 0 Å². The van der Waals surface area contributed by atoms with Crippen molar-refractivity contribution in [2.75, 3.05) is 5.75 Å². The summed E-state index contributed by atoms with van der Waals surface area (Å²) in [6, 6.07) is -1.25. The highest BCUT2D eigenvalue weighted by atomic mass is 32.2. The molecule has 3 atom stereocenters. The molecule has 0 radical (unpaired) electrons. The first kappa shape index (κ1) is 47.5. The highest BCUT2D eigenvalue weighted by molar-refractivity contribution is 7.85. The van der Waals surface area contributed by atoms with E-state index < -0.39 is 40.0 Å². The molecule has 0 aliphatic carbocycles. The number of aliphatic hydroxyl groups excluding tert-OH is 2. The summed E-state index contributed by atoms with van der Waals surface area (Å²) in [5, 5.41) is 23.3. The molecule has 8 heteroatoms. The molecule has 0 aliphatic heterocycles. The summed E-state index contributed by atoms with van der Waals surface area (Å²) in [6.07, 6.45) is 42.1. The van der Waals surface area contributed by atoms with Crippen LogP contribution >= 0.6 is 0 Å². The van der Waals surface area contributed by atoms with Gasteiger partial charge in [-0.05, 0) is 57.8 Å². The number of aliphatic hydroxyl groups is 2. The lowest BCUT2D eigenvalue weighted by molar-refractivity contribution is -0.130. The Morgan fingerprint density at radius 3 is 1.35 bits per heavy atom. The van der Waals surface area contributed by atoms with Gasteiger partial charge in [0.15, 0.2) is 0 Å². The minimum atomic E-state index is -4.45. The van der Waals surface area contributed by atoms with Gasteiger partial charge in [0.25, 0.3) is 10.1 Å². The van der Waals surface area contributed by atoms with Gasteiger partial charge in [-0.1, -0.05) is 172 Å². The lowest BCUT2D eigenvalue weighted by atomic mass is 10.0. The van der Waals surface area contributed by atoms with Gasteiger partial charge in [-0.15, -0.1) is 0 Å². The van der Waals surface area contributed by atoms with Gasteiger partial charge in [0.05, 0.1) is 17.9 Å². The maximum atomic E-state index is 12.6. The SMILES string of the molecule is CCCCCCC/C=C/CC/C=C/C(O)C(CS(=O)(=O)O)NC(=O)C(O)CCCCCCCC/C=C\CCCCCCCCCCCCC. The van der Waals surface area contributed by atoms with Crippen molar-refractivity contribution < 1.29 is 28.0 Å². The maximum Gasteiger partial charge on any atom is 0.267 e. The predicted molar refractivity (Wildman–Crippen MR) is 208 cm³/mol. The first-order chi connectivity index (χ1) is 23.7. The molecule has 1 amide bonds. The van der Waals surface area contributed by atoms with Crippen LogP contribution in [0, 0.1) is 0 Å². The number of allylic oxidation sites excluding steroid dienone is 5. The predicted octanol–water partition coefficient (Wildman–Crippen LogP) is 10.7. The van der Waals surface area contributed by atoms with Crippen molar-refractivity contribution in [2.45, 2.75) is 212 Å². The van der Waals surface area contributed by atoms with Gasteiger partial charge in [0, 0.05) is 0 Å². The van der Waals surface area contributed by atoms with Gasteiger partial charge in [-0.3, -0.25) is 9.35 Å². The summed E-state index contributed by atoms with van der Waals surface area (Å²) in [6.45, 7) is 4.47. The van der Waals surface area contributed by atoms with Crippen LogP contribution in [0.4, 0.5) is 0 Å². The van der Waals surface area contributed by atoms with E-state index in [0.717, 1.165) is 38.5 Å². The standard InChI is InChI=1S/C41H77NO6S/c1-3-5-7-9-11-13-15-16-17-18-19-20-21-22-23-24-26-28-30-32-34-36-40(44)41(45)42-38(37-49(46,47)48)39(43)35-33-31-29-27-25-14-12-10-8-6-4-2/h21-22,25,27,33,35,38-40,43-44H,3-20,23-24,26,28-32,34,36-37H2,1-2H3,(H,42,45)(H,46,47,48)/b22-21-,27-25+,35-33+. The summed E-state index contributed by atoms with van der Waals surface area (Å²) in [4.78, 5) is 12.6. The van der Waals surface area contributed by atoms with Crippen LogP contribution in [-0.4, -0.2) is 53.1 Å². The molecule has 7 nitrogen and oxygen atoms in total. The lowest BCUT2D eigenvalue weighted by Crippen LogP contribution is -2.50. The van der Waals surface area contributed by atoms with Crippen LogP contribution in [0.2, 0.25) is 0 Å². The lowest BCUT2D eigenvalue weighted by Gasteiger charge is -2.22. The molecule has 288 valence electrons. The van der Waals surface area contributed by atoms with E-state index in [-0.39, 0.29) is 6.42 Å². The summed E-state index contributed by atoms with van der Waals surface area (Å²) in [5.41, 5.74) is 0. The largest absolute Gasteiger partial charge is 0.387 e. The Morgan fingerprint density at radius 1 is 0.551 bits per heavy atom. The summed E-state index contributed by atoms with van der Waals surface area (Å²) >= 11 is 0. The smallest absolute Gasteiger partial charge is 0.267 e. The number of unbranched alkanes of at least 4 members (excludes halogenated alkanes) is 23. The van der Waals surface area contributed by atoms with Crippen LogP contribution < -0.4 is 5.32 Å². The van der Waals surface area contributed by atoms with E-state index in [9.17, 15) is 28.0 Å². The Morgan fingerprint density at radius 2 is 0.918 bits per heavy atom. The molecule has 0 saturated heterocycles. The summed E-state index contributed by atoms with van der Waals surface area (Å²) < 4.78 is 32.4. The second-order valence-corrected chi connectivity index (χ2v) is 15.5. The molecule has 0 aromatic rings. The highest BCUT2D eigenvalue weighted by Gasteiger charge is 2.27. The van der Waals surface area contributed by atoms with Gasteiger partial charge in [-0.25, -0.2) is 0 Å². The fourth-order valence-electron chi connectivity index (χ4n) is 6.00. The fraction of sp³-hybridized carbons (Fsp3) is 0.829. The quantitative estimate of drug-likeness (QED) is 0.0291. The Bertz CT molecular complexity index is 932. The molecule has 3 unspecified atom stereocenters. The fourth-order valence-corrected chi connectivity index (χ4v) is 6.73. The van der Waals surface area contributed by atoms with Crippen LogP contribution in [0.25, 0.3) is 0 Å². The first-order valence-corrected chi connectivity index (χ1v) is 21.9. The third kappa shape index (κ3) is 34.7. The highest BCUT2D eigenvalue weighted by Crippen LogP contribution is 2.14. The molecule has 0 heterocycles. The first-order valence-electron chi connectivity index (χ1n) is 20.3. The van der Waals surface area contributed by atoms with E-state index in [1.165, 1.54) is 128 Å². The monoisotopic (exact) mass is 712 g/mol. The third-order valence-corrected chi connectivity index (χ3v) is 9.93. The molecule has 0 bridgehead atoms. The Labute approximate surface area is 302 Å². The van der Waals surface area contributed by atoms with Crippen LogP contribution in [0.1, 0.15) is 194 Å². The Hall–Kier alpha value is -1.48. The van der Waals surface area contributed by atoms with Crippen LogP contribution in [0.15, 0.2) is 36.5 Å². The molecule has 0 aliphatic rings. The molecule has 49 heavy (non-hydrogen) atoms. The third-order valence-electron chi connectivity index (χ3n) is 9.15. The summed E-state index contributed by atoms with van der Waals surface area (Å²) in [5.74, 6) is -1.56. The number of hydrogen-bond acceptors (Lipinski definition) is 5. The van der Waals surface area contributed by atoms with Gasteiger partial charge in [-0.2, -0.15) is 8.42 Å². The van der Waals surface area contributed by atoms with Gasteiger partial charge < -0.3 is 15.5 Å². The molecule has 0 saturated carbocycles. The number of hydrogen-bond donors (Lipinski definition) is 4. The summed E-state index contributed by atoms with van der Waals surface area (Å²) in [7, 11) is -4.45. The van der Waals surface area contributed by atoms with Crippen molar-refractivity contribution in [3.8, 4) is 0 Å².